The Balaban J connectivity index is 2.76. The average molecular weight is 487 g/mol. The van der Waals surface area contributed by atoms with Gasteiger partial charge in [-0.15, -0.1) is 0 Å². The van der Waals surface area contributed by atoms with Gasteiger partial charge in [-0.1, -0.05) is 30.3 Å². The van der Waals surface area contributed by atoms with E-state index < -0.39 is 60.2 Å². The van der Waals surface area contributed by atoms with E-state index in [9.17, 15) is 29.1 Å². The molecule has 4 unspecified atom stereocenters. The lowest BCUT2D eigenvalue weighted by atomic mass is 10.1. The number of carbonyl (C=O) groups is 5. The molecule has 0 bridgehead atoms. The summed E-state index contributed by atoms with van der Waals surface area (Å²) in [6.07, 6.45) is -0.599. The molecule has 176 valence electrons. The zero-order valence-electron chi connectivity index (χ0n) is 16.9. The van der Waals surface area contributed by atoms with Crippen LogP contribution in [0.2, 0.25) is 0 Å². The number of rotatable bonds is 13. The van der Waals surface area contributed by atoms with Gasteiger partial charge in [-0.25, -0.2) is 4.79 Å². The minimum atomic E-state index is -1.37. The summed E-state index contributed by atoms with van der Waals surface area (Å²) in [5, 5.41) is 25.1. The summed E-state index contributed by atoms with van der Waals surface area (Å²) >= 11 is 8.01. The van der Waals surface area contributed by atoms with Gasteiger partial charge in [0.15, 0.2) is 0 Å². The summed E-state index contributed by atoms with van der Waals surface area (Å²) in [5.41, 5.74) is 6.16. The van der Waals surface area contributed by atoms with Gasteiger partial charge >= 0.3 is 11.9 Å². The largest absolute Gasteiger partial charge is 0.481 e. The number of thiol groups is 2. The Hall–Kier alpha value is -2.77. The molecule has 1 rings (SSSR count). The molecule has 4 atom stereocenters. The third kappa shape index (κ3) is 9.16. The molecule has 3 amide bonds. The highest BCUT2D eigenvalue weighted by atomic mass is 32.1. The van der Waals surface area contributed by atoms with Gasteiger partial charge in [0.05, 0.1) is 12.5 Å². The Morgan fingerprint density at radius 1 is 0.812 bits per heavy atom. The van der Waals surface area contributed by atoms with Gasteiger partial charge in [0, 0.05) is 17.9 Å². The molecule has 0 heterocycles. The fraction of sp³-hybridized carbons (Fsp3) is 0.421. The fourth-order valence-corrected chi connectivity index (χ4v) is 3.06. The molecular weight excluding hydrogens is 460 g/mol. The van der Waals surface area contributed by atoms with E-state index in [1.165, 1.54) is 0 Å². The van der Waals surface area contributed by atoms with Crippen molar-refractivity contribution in [1.82, 2.24) is 16.0 Å². The van der Waals surface area contributed by atoms with Crippen LogP contribution in [-0.4, -0.2) is 75.5 Å². The van der Waals surface area contributed by atoms with Gasteiger partial charge in [0.1, 0.15) is 18.1 Å². The van der Waals surface area contributed by atoms with Crippen LogP contribution in [0.1, 0.15) is 12.0 Å². The molecule has 0 spiro atoms. The van der Waals surface area contributed by atoms with Gasteiger partial charge in [0.2, 0.25) is 17.7 Å². The fourth-order valence-electron chi connectivity index (χ4n) is 2.54. The summed E-state index contributed by atoms with van der Waals surface area (Å²) in [6, 6.07) is 3.66. The lowest BCUT2D eigenvalue weighted by Gasteiger charge is -2.23. The van der Waals surface area contributed by atoms with Crippen LogP contribution in [0.5, 0.6) is 0 Å². The number of nitrogens with two attached hydrogens (primary N) is 1. The molecule has 0 saturated carbocycles. The first-order valence-corrected chi connectivity index (χ1v) is 10.7. The molecule has 0 aliphatic rings. The van der Waals surface area contributed by atoms with Crippen molar-refractivity contribution in [3.8, 4) is 0 Å². The Morgan fingerprint density at radius 2 is 1.28 bits per heavy atom. The van der Waals surface area contributed by atoms with E-state index in [0.29, 0.717) is 5.56 Å². The SMILES string of the molecule is NC(CC(=O)O)C(=O)NC(CS)C(=O)NC(CS)C(=O)NC(Cc1ccccc1)C(=O)O. The summed E-state index contributed by atoms with van der Waals surface area (Å²) in [5.74, 6) is -5.29. The molecule has 1 aromatic carbocycles. The van der Waals surface area contributed by atoms with E-state index >= 15 is 0 Å². The maximum atomic E-state index is 12.5. The van der Waals surface area contributed by atoms with Crippen molar-refractivity contribution in [3.63, 3.8) is 0 Å². The standard InChI is InChI=1S/C19H26N4O7S2/c20-11(7-15(24)25)16(26)22-13(8-31)18(28)23-14(9-32)17(27)21-12(19(29)30)6-10-4-2-1-3-5-10/h1-5,11-14,31-32H,6-9,20H2,(H,21,27)(H,22,26)(H,23,28)(H,24,25)(H,29,30). The van der Waals surface area contributed by atoms with E-state index in [-0.39, 0.29) is 17.9 Å². The molecule has 1 aromatic rings. The van der Waals surface area contributed by atoms with Crippen LogP contribution in [-0.2, 0) is 30.4 Å². The average Bonchev–Trinajstić information content (AvgIpc) is 2.74. The van der Waals surface area contributed by atoms with Crippen LogP contribution in [0, 0.1) is 0 Å². The lowest BCUT2D eigenvalue weighted by molar-refractivity contribution is -0.142. The molecule has 0 aromatic heterocycles. The summed E-state index contributed by atoms with van der Waals surface area (Å²) in [7, 11) is 0. The van der Waals surface area contributed by atoms with E-state index in [4.69, 9.17) is 10.8 Å². The van der Waals surface area contributed by atoms with E-state index in [2.05, 4.69) is 41.2 Å². The second-order valence-corrected chi connectivity index (χ2v) is 7.51. The minimum absolute atomic E-state index is 0.0337. The molecule has 0 fully saturated rings. The first-order valence-electron chi connectivity index (χ1n) is 9.46. The van der Waals surface area contributed by atoms with Crippen LogP contribution in [0.15, 0.2) is 30.3 Å². The Morgan fingerprint density at radius 3 is 1.72 bits per heavy atom. The number of hydrogen-bond donors (Lipinski definition) is 8. The molecule has 0 aliphatic carbocycles. The van der Waals surface area contributed by atoms with Crippen LogP contribution >= 0.6 is 25.3 Å². The van der Waals surface area contributed by atoms with E-state index in [0.717, 1.165) is 0 Å². The Kier molecular flexibility index (Phi) is 11.6. The van der Waals surface area contributed by atoms with Crippen molar-refractivity contribution in [2.45, 2.75) is 37.0 Å². The maximum Gasteiger partial charge on any atom is 0.326 e. The molecule has 11 nitrogen and oxygen atoms in total. The molecule has 0 saturated heterocycles. The number of carboxylic acid groups (broad SMARTS) is 2. The summed E-state index contributed by atoms with van der Waals surface area (Å²) in [4.78, 5) is 59.2. The highest BCUT2D eigenvalue weighted by molar-refractivity contribution is 7.80. The van der Waals surface area contributed by atoms with Gasteiger partial charge < -0.3 is 31.9 Å². The first-order chi connectivity index (χ1) is 15.1. The topological polar surface area (TPSA) is 188 Å². The number of carbonyl (C=O) groups excluding carboxylic acids is 3. The summed E-state index contributed by atoms with van der Waals surface area (Å²) < 4.78 is 0. The Bertz CT molecular complexity index is 825. The molecule has 7 N–H and O–H groups in total. The predicted molar refractivity (Wildman–Crippen MR) is 122 cm³/mol. The molecule has 13 heteroatoms. The second kappa shape index (κ2) is 13.6. The zero-order valence-corrected chi connectivity index (χ0v) is 18.7. The van der Waals surface area contributed by atoms with Crippen molar-refractivity contribution in [1.29, 1.82) is 0 Å². The van der Waals surface area contributed by atoms with Gasteiger partial charge in [-0.3, -0.25) is 19.2 Å². The monoisotopic (exact) mass is 486 g/mol. The minimum Gasteiger partial charge on any atom is -0.481 e. The quantitative estimate of drug-likeness (QED) is 0.154. The predicted octanol–water partition coefficient (Wildman–Crippen LogP) is -1.57. The van der Waals surface area contributed by atoms with Gasteiger partial charge in [-0.05, 0) is 5.56 Å². The summed E-state index contributed by atoms with van der Waals surface area (Å²) in [6.45, 7) is 0. The van der Waals surface area contributed by atoms with Gasteiger partial charge in [-0.2, -0.15) is 25.3 Å². The zero-order chi connectivity index (χ0) is 24.3. The highest BCUT2D eigenvalue weighted by Crippen LogP contribution is 2.04. The van der Waals surface area contributed by atoms with E-state index in [1.54, 1.807) is 30.3 Å². The highest BCUT2D eigenvalue weighted by Gasteiger charge is 2.29. The van der Waals surface area contributed by atoms with Crippen LogP contribution in [0.3, 0.4) is 0 Å². The molecule has 32 heavy (non-hydrogen) atoms. The number of benzene rings is 1. The van der Waals surface area contributed by atoms with Crippen LogP contribution < -0.4 is 21.7 Å². The van der Waals surface area contributed by atoms with Gasteiger partial charge in [0.25, 0.3) is 0 Å². The third-order valence-corrected chi connectivity index (χ3v) is 4.99. The number of nitrogens with one attached hydrogen (secondary N) is 3. The third-order valence-electron chi connectivity index (χ3n) is 4.26. The van der Waals surface area contributed by atoms with Crippen LogP contribution in [0.4, 0.5) is 0 Å². The second-order valence-electron chi connectivity index (χ2n) is 6.78. The Labute approximate surface area is 195 Å². The number of amides is 3. The van der Waals surface area contributed by atoms with Crippen LogP contribution in [0.25, 0.3) is 0 Å². The van der Waals surface area contributed by atoms with Crippen molar-refractivity contribution in [3.05, 3.63) is 35.9 Å². The normalized spacial score (nSPS) is 14.3. The van der Waals surface area contributed by atoms with Crippen molar-refractivity contribution in [2.75, 3.05) is 11.5 Å². The number of aliphatic carboxylic acids is 2. The van der Waals surface area contributed by atoms with Crippen molar-refractivity contribution in [2.24, 2.45) is 5.73 Å². The molecular formula is C19H26N4O7S2. The van der Waals surface area contributed by atoms with Crippen molar-refractivity contribution < 1.29 is 34.2 Å². The van der Waals surface area contributed by atoms with E-state index in [1.807, 2.05) is 0 Å². The smallest absolute Gasteiger partial charge is 0.326 e. The van der Waals surface area contributed by atoms with Crippen molar-refractivity contribution >= 4 is 54.9 Å². The lowest BCUT2D eigenvalue weighted by Crippen LogP contribution is -2.58. The number of carboxylic acids is 2. The maximum absolute atomic E-state index is 12.5. The number of hydrogen-bond acceptors (Lipinski definition) is 8. The first kappa shape index (κ1) is 27.3. The molecule has 0 aliphatic heterocycles. The molecule has 0 radical (unpaired) electrons.